The van der Waals surface area contributed by atoms with Crippen LogP contribution in [0.4, 0.5) is 4.39 Å². The molecule has 0 saturated heterocycles. The molecule has 0 amide bonds. The lowest BCUT2D eigenvalue weighted by atomic mass is 10.1. The van der Waals surface area contributed by atoms with Gasteiger partial charge in [0.2, 0.25) is 5.78 Å². The molecule has 0 aliphatic rings. The number of carbonyl (C=O) groups is 2. The minimum atomic E-state index is -0.999. The van der Waals surface area contributed by atoms with Gasteiger partial charge in [-0.25, -0.2) is 9.18 Å². The first-order valence-electron chi connectivity index (χ1n) is 7.66. The largest absolute Gasteiger partial charge is 0.450 e. The number of esters is 1. The number of halogens is 1. The van der Waals surface area contributed by atoms with E-state index in [1.807, 2.05) is 30.3 Å². The Bertz CT molecular complexity index is 889. The van der Waals surface area contributed by atoms with E-state index in [4.69, 9.17) is 4.74 Å². The third kappa shape index (κ3) is 3.80. The van der Waals surface area contributed by atoms with Gasteiger partial charge in [-0.1, -0.05) is 30.3 Å². The van der Waals surface area contributed by atoms with Crippen molar-refractivity contribution in [3.8, 4) is 11.3 Å². The van der Waals surface area contributed by atoms with Crippen molar-refractivity contribution in [1.82, 2.24) is 10.2 Å². The van der Waals surface area contributed by atoms with Crippen molar-refractivity contribution in [1.29, 1.82) is 0 Å². The van der Waals surface area contributed by atoms with Crippen molar-refractivity contribution in [2.75, 3.05) is 0 Å². The van der Waals surface area contributed by atoms with Gasteiger partial charge in [-0.05, 0) is 37.3 Å². The number of nitrogens with zero attached hydrogens (tertiary/aromatic N) is 1. The fraction of sp³-hybridized carbons (Fsp3) is 0.105. The van der Waals surface area contributed by atoms with E-state index in [0.717, 1.165) is 5.56 Å². The van der Waals surface area contributed by atoms with Gasteiger partial charge in [0.15, 0.2) is 6.10 Å². The predicted octanol–water partition coefficient (Wildman–Crippen LogP) is 3.64. The van der Waals surface area contributed by atoms with Gasteiger partial charge in [0, 0.05) is 11.1 Å². The molecule has 0 aliphatic heterocycles. The molecule has 0 aliphatic carbocycles. The molecule has 0 fully saturated rings. The number of ether oxygens (including phenoxy) is 1. The normalized spacial score (nSPS) is 11.8. The molecule has 1 N–H and O–H groups in total. The standard InChI is InChI=1S/C19H15FN2O3/c1-12(18(23)14-7-9-15(20)10-8-14)25-19(24)17-11-16(21-22-17)13-5-3-2-4-6-13/h2-12H,1H3,(H,21,22)/t12-/m0/s1. The van der Waals surface area contributed by atoms with Crippen LogP contribution in [-0.4, -0.2) is 28.1 Å². The maximum absolute atomic E-state index is 12.9. The first-order valence-corrected chi connectivity index (χ1v) is 7.66. The third-order valence-electron chi connectivity index (χ3n) is 3.65. The molecular formula is C19H15FN2O3. The Kier molecular flexibility index (Phi) is 4.70. The summed E-state index contributed by atoms with van der Waals surface area (Å²) in [4.78, 5) is 24.4. The van der Waals surface area contributed by atoms with Crippen LogP contribution < -0.4 is 0 Å². The molecule has 6 heteroatoms. The van der Waals surface area contributed by atoms with Crippen LogP contribution in [0.1, 0.15) is 27.8 Å². The number of benzene rings is 2. The highest BCUT2D eigenvalue weighted by Gasteiger charge is 2.21. The number of carbonyl (C=O) groups excluding carboxylic acids is 2. The number of nitrogens with one attached hydrogen (secondary N) is 1. The quantitative estimate of drug-likeness (QED) is 0.569. The van der Waals surface area contributed by atoms with Crippen molar-refractivity contribution in [3.05, 3.63) is 77.7 Å². The molecule has 2 aromatic carbocycles. The van der Waals surface area contributed by atoms with E-state index in [1.54, 1.807) is 6.07 Å². The highest BCUT2D eigenvalue weighted by atomic mass is 19.1. The average molecular weight is 338 g/mol. The molecule has 3 aromatic rings. The number of rotatable bonds is 5. The molecule has 0 spiro atoms. The molecule has 25 heavy (non-hydrogen) atoms. The molecule has 1 atom stereocenters. The number of hydrogen-bond donors (Lipinski definition) is 1. The summed E-state index contributed by atoms with van der Waals surface area (Å²) < 4.78 is 18.1. The zero-order valence-corrected chi connectivity index (χ0v) is 13.4. The summed E-state index contributed by atoms with van der Waals surface area (Å²) in [6, 6.07) is 16.0. The van der Waals surface area contributed by atoms with Gasteiger partial charge in [0.25, 0.3) is 0 Å². The summed E-state index contributed by atoms with van der Waals surface area (Å²) in [7, 11) is 0. The average Bonchev–Trinajstić information content (AvgIpc) is 3.13. The molecule has 126 valence electrons. The Morgan fingerprint density at radius 3 is 2.44 bits per heavy atom. The highest BCUT2D eigenvalue weighted by Crippen LogP contribution is 2.18. The molecule has 0 bridgehead atoms. The van der Waals surface area contributed by atoms with E-state index in [0.29, 0.717) is 5.69 Å². The maximum Gasteiger partial charge on any atom is 0.357 e. The Morgan fingerprint density at radius 1 is 1.08 bits per heavy atom. The fourth-order valence-electron chi connectivity index (χ4n) is 2.31. The zero-order valence-electron chi connectivity index (χ0n) is 13.4. The van der Waals surface area contributed by atoms with E-state index in [2.05, 4.69) is 10.2 Å². The first kappa shape index (κ1) is 16.6. The van der Waals surface area contributed by atoms with E-state index in [1.165, 1.54) is 31.2 Å². The first-order chi connectivity index (χ1) is 12.0. The summed E-state index contributed by atoms with van der Waals surface area (Å²) in [6.07, 6.45) is -0.999. The van der Waals surface area contributed by atoms with Crippen LogP contribution in [0.3, 0.4) is 0 Å². The van der Waals surface area contributed by atoms with Crippen molar-refractivity contribution < 1.29 is 18.7 Å². The van der Waals surface area contributed by atoms with Gasteiger partial charge >= 0.3 is 5.97 Å². The van der Waals surface area contributed by atoms with Crippen LogP contribution in [0.5, 0.6) is 0 Å². The Hall–Kier alpha value is -3.28. The maximum atomic E-state index is 12.9. The Labute approximate surface area is 143 Å². The second-order valence-electron chi connectivity index (χ2n) is 5.45. The van der Waals surface area contributed by atoms with Crippen molar-refractivity contribution >= 4 is 11.8 Å². The van der Waals surface area contributed by atoms with E-state index >= 15 is 0 Å². The minimum absolute atomic E-state index is 0.151. The molecule has 0 unspecified atom stereocenters. The molecule has 1 aromatic heterocycles. The number of aromatic nitrogens is 2. The molecular weight excluding hydrogens is 323 g/mol. The number of Topliss-reactive ketones (excluding diaryl/α,β-unsaturated/α-hetero) is 1. The number of hydrogen-bond acceptors (Lipinski definition) is 4. The Balaban J connectivity index is 1.68. The minimum Gasteiger partial charge on any atom is -0.450 e. The smallest absolute Gasteiger partial charge is 0.357 e. The van der Waals surface area contributed by atoms with Crippen molar-refractivity contribution in [2.24, 2.45) is 0 Å². The third-order valence-corrected chi connectivity index (χ3v) is 3.65. The molecule has 1 heterocycles. The molecule has 5 nitrogen and oxygen atoms in total. The summed E-state index contributed by atoms with van der Waals surface area (Å²) >= 11 is 0. The van der Waals surface area contributed by atoms with E-state index in [9.17, 15) is 14.0 Å². The van der Waals surface area contributed by atoms with E-state index in [-0.39, 0.29) is 11.3 Å². The van der Waals surface area contributed by atoms with Gasteiger partial charge in [-0.2, -0.15) is 5.10 Å². The fourth-order valence-corrected chi connectivity index (χ4v) is 2.31. The second kappa shape index (κ2) is 7.09. The predicted molar refractivity (Wildman–Crippen MR) is 89.6 cm³/mol. The van der Waals surface area contributed by atoms with Gasteiger partial charge in [-0.15, -0.1) is 0 Å². The number of H-pyrrole nitrogens is 1. The van der Waals surface area contributed by atoms with Crippen LogP contribution in [0.25, 0.3) is 11.3 Å². The van der Waals surface area contributed by atoms with Crippen molar-refractivity contribution in [2.45, 2.75) is 13.0 Å². The number of aromatic amines is 1. The summed E-state index contributed by atoms with van der Waals surface area (Å²) in [5.41, 5.74) is 1.88. The lowest BCUT2D eigenvalue weighted by Crippen LogP contribution is -2.24. The zero-order chi connectivity index (χ0) is 17.8. The van der Waals surface area contributed by atoms with Crippen LogP contribution in [0, 0.1) is 5.82 Å². The second-order valence-corrected chi connectivity index (χ2v) is 5.45. The topological polar surface area (TPSA) is 72.0 Å². The Morgan fingerprint density at radius 2 is 1.76 bits per heavy atom. The lowest BCUT2D eigenvalue weighted by molar-refractivity contribution is 0.0313. The van der Waals surface area contributed by atoms with Crippen molar-refractivity contribution in [3.63, 3.8) is 0 Å². The summed E-state index contributed by atoms with van der Waals surface area (Å²) in [6.45, 7) is 1.47. The summed E-state index contributed by atoms with van der Waals surface area (Å²) in [5, 5.41) is 6.69. The molecule has 0 radical (unpaired) electrons. The molecule has 3 rings (SSSR count). The SMILES string of the molecule is C[C@H](OC(=O)c1cc(-c2ccccc2)n[nH]1)C(=O)c1ccc(F)cc1. The monoisotopic (exact) mass is 338 g/mol. The van der Waals surface area contributed by atoms with Gasteiger partial charge in [0.05, 0.1) is 5.69 Å². The van der Waals surface area contributed by atoms with Crippen LogP contribution >= 0.6 is 0 Å². The van der Waals surface area contributed by atoms with Crippen LogP contribution in [0.2, 0.25) is 0 Å². The molecule has 0 saturated carbocycles. The highest BCUT2D eigenvalue weighted by molar-refractivity contribution is 6.01. The number of ketones is 1. The van der Waals surface area contributed by atoms with Gasteiger partial charge in [-0.3, -0.25) is 9.89 Å². The van der Waals surface area contributed by atoms with Crippen LogP contribution in [-0.2, 0) is 4.74 Å². The van der Waals surface area contributed by atoms with Gasteiger partial charge in [0.1, 0.15) is 11.5 Å². The lowest BCUT2D eigenvalue weighted by Gasteiger charge is -2.11. The summed E-state index contributed by atoms with van der Waals surface area (Å²) in [5.74, 6) is -1.53. The van der Waals surface area contributed by atoms with E-state index < -0.39 is 23.7 Å². The van der Waals surface area contributed by atoms with Gasteiger partial charge < -0.3 is 4.74 Å². The van der Waals surface area contributed by atoms with Crippen LogP contribution in [0.15, 0.2) is 60.7 Å².